The fourth-order valence-electron chi connectivity index (χ4n) is 2.50. The summed E-state index contributed by atoms with van der Waals surface area (Å²) in [4.78, 5) is 11.3. The molecule has 0 saturated heterocycles. The van der Waals surface area contributed by atoms with Crippen LogP contribution < -0.4 is 0 Å². The smallest absolute Gasteiger partial charge is 0.165 e. The molecule has 11 heavy (non-hydrogen) atoms. The van der Waals surface area contributed by atoms with Crippen LogP contribution in [-0.2, 0) is 9.53 Å². The maximum atomic E-state index is 11.3. The van der Waals surface area contributed by atoms with Gasteiger partial charge in [-0.25, -0.2) is 0 Å². The minimum atomic E-state index is -0.321. The van der Waals surface area contributed by atoms with Gasteiger partial charge in [-0.05, 0) is 12.8 Å². The molecule has 2 aliphatic carbocycles. The third-order valence-corrected chi connectivity index (χ3v) is 3.28. The van der Waals surface area contributed by atoms with Crippen LogP contribution in [0.5, 0.6) is 0 Å². The lowest BCUT2D eigenvalue weighted by Gasteiger charge is -2.49. The van der Waals surface area contributed by atoms with E-state index in [2.05, 4.69) is 0 Å². The Morgan fingerprint density at radius 1 is 1.55 bits per heavy atom. The van der Waals surface area contributed by atoms with Crippen LogP contribution in [0.15, 0.2) is 0 Å². The van der Waals surface area contributed by atoms with Crippen molar-refractivity contribution in [2.75, 3.05) is 7.11 Å². The number of rotatable bonds is 1. The summed E-state index contributed by atoms with van der Waals surface area (Å²) >= 11 is 0. The van der Waals surface area contributed by atoms with Crippen LogP contribution >= 0.6 is 0 Å². The molecule has 2 atom stereocenters. The summed E-state index contributed by atoms with van der Waals surface area (Å²) in [6.07, 6.45) is 5.37. The Labute approximate surface area is 66.9 Å². The second kappa shape index (κ2) is 2.31. The number of hydrogen-bond acceptors (Lipinski definition) is 2. The molecule has 0 bridgehead atoms. The number of ketones is 1. The molecular formula is C9H14O2. The second-order valence-corrected chi connectivity index (χ2v) is 3.66. The molecule has 0 aromatic rings. The predicted molar refractivity (Wildman–Crippen MR) is 41.3 cm³/mol. The number of methoxy groups -OCH3 is 1. The average Bonchev–Trinajstić information content (AvgIpc) is 2.03. The predicted octanol–water partition coefficient (Wildman–Crippen LogP) is 1.53. The molecule has 2 rings (SSSR count). The van der Waals surface area contributed by atoms with E-state index in [9.17, 15) is 4.79 Å². The van der Waals surface area contributed by atoms with Crippen LogP contribution in [0.3, 0.4) is 0 Å². The van der Waals surface area contributed by atoms with Crippen LogP contribution in [-0.4, -0.2) is 18.5 Å². The fraction of sp³-hybridized carbons (Fsp3) is 0.889. The van der Waals surface area contributed by atoms with E-state index >= 15 is 0 Å². The number of hydrogen-bond donors (Lipinski definition) is 0. The van der Waals surface area contributed by atoms with Crippen LogP contribution in [0.25, 0.3) is 0 Å². The largest absolute Gasteiger partial charge is 0.370 e. The molecule has 0 radical (unpaired) electrons. The zero-order valence-corrected chi connectivity index (χ0v) is 6.93. The van der Waals surface area contributed by atoms with Crippen LogP contribution in [0.4, 0.5) is 0 Å². The van der Waals surface area contributed by atoms with E-state index < -0.39 is 0 Å². The summed E-state index contributed by atoms with van der Waals surface area (Å²) in [5, 5.41) is 0. The van der Waals surface area contributed by atoms with Gasteiger partial charge in [-0.2, -0.15) is 0 Å². The highest BCUT2D eigenvalue weighted by Crippen LogP contribution is 2.47. The Morgan fingerprint density at radius 3 is 2.82 bits per heavy atom. The van der Waals surface area contributed by atoms with Gasteiger partial charge in [0.1, 0.15) is 5.60 Å². The van der Waals surface area contributed by atoms with E-state index in [1.807, 2.05) is 0 Å². The van der Waals surface area contributed by atoms with Crippen molar-refractivity contribution >= 4 is 5.78 Å². The summed E-state index contributed by atoms with van der Waals surface area (Å²) in [6.45, 7) is 0. The zero-order valence-electron chi connectivity index (χ0n) is 6.93. The van der Waals surface area contributed by atoms with E-state index in [0.29, 0.717) is 11.7 Å². The normalized spacial score (nSPS) is 43.0. The molecule has 0 unspecified atom stereocenters. The van der Waals surface area contributed by atoms with E-state index in [4.69, 9.17) is 4.74 Å². The van der Waals surface area contributed by atoms with Gasteiger partial charge in [-0.1, -0.05) is 12.8 Å². The van der Waals surface area contributed by atoms with Gasteiger partial charge in [-0.15, -0.1) is 0 Å². The highest BCUT2D eigenvalue weighted by Gasteiger charge is 2.55. The van der Waals surface area contributed by atoms with Gasteiger partial charge in [0.05, 0.1) is 0 Å². The van der Waals surface area contributed by atoms with Crippen LogP contribution in [0, 0.1) is 5.92 Å². The molecule has 0 spiro atoms. The highest BCUT2D eigenvalue weighted by atomic mass is 16.5. The summed E-state index contributed by atoms with van der Waals surface area (Å²) < 4.78 is 5.34. The Balaban J connectivity index is 2.16. The van der Waals surface area contributed by atoms with Gasteiger partial charge >= 0.3 is 0 Å². The SMILES string of the molecule is CO[C@@]12CCCC[C@@H]1CC2=O. The lowest BCUT2D eigenvalue weighted by molar-refractivity contribution is -0.176. The molecule has 0 aromatic heterocycles. The average molecular weight is 154 g/mol. The molecular weight excluding hydrogens is 140 g/mol. The van der Waals surface area contributed by atoms with Crippen molar-refractivity contribution in [1.82, 2.24) is 0 Å². The molecule has 2 fully saturated rings. The summed E-state index contributed by atoms with van der Waals surface area (Å²) in [7, 11) is 1.68. The van der Waals surface area contributed by atoms with Crippen LogP contribution in [0.2, 0.25) is 0 Å². The Kier molecular flexibility index (Phi) is 1.53. The molecule has 0 aromatic carbocycles. The summed E-state index contributed by atoms with van der Waals surface area (Å²) in [5.41, 5.74) is -0.321. The fourth-order valence-corrected chi connectivity index (χ4v) is 2.50. The van der Waals surface area contributed by atoms with E-state index in [1.54, 1.807) is 7.11 Å². The first-order valence-electron chi connectivity index (χ1n) is 4.38. The molecule has 0 N–H and O–H groups in total. The van der Waals surface area contributed by atoms with Crippen molar-refractivity contribution in [1.29, 1.82) is 0 Å². The van der Waals surface area contributed by atoms with Gasteiger partial charge < -0.3 is 4.74 Å². The second-order valence-electron chi connectivity index (χ2n) is 3.66. The molecule has 2 saturated carbocycles. The van der Waals surface area contributed by atoms with Gasteiger partial charge in [0.15, 0.2) is 5.78 Å². The van der Waals surface area contributed by atoms with Crippen molar-refractivity contribution in [3.63, 3.8) is 0 Å². The standard InChI is InChI=1S/C9H14O2/c1-11-9-5-3-2-4-7(9)6-8(9)10/h7H,2-6H2,1H3/t7-,9+/m1/s1. The first-order chi connectivity index (χ1) is 5.29. The van der Waals surface area contributed by atoms with Gasteiger partial charge in [0.25, 0.3) is 0 Å². The number of carbonyl (C=O) groups is 1. The maximum Gasteiger partial charge on any atom is 0.165 e. The van der Waals surface area contributed by atoms with Crippen molar-refractivity contribution in [2.45, 2.75) is 37.7 Å². The molecule has 2 heteroatoms. The topological polar surface area (TPSA) is 26.3 Å². The number of Topliss-reactive ketones (excluding diaryl/α,β-unsaturated/α-hetero) is 1. The first kappa shape index (κ1) is 7.29. The number of carbonyl (C=O) groups excluding carboxylic acids is 1. The monoisotopic (exact) mass is 154 g/mol. The van der Waals surface area contributed by atoms with E-state index in [0.717, 1.165) is 19.3 Å². The van der Waals surface area contributed by atoms with Crippen LogP contribution in [0.1, 0.15) is 32.1 Å². The molecule has 62 valence electrons. The minimum absolute atomic E-state index is 0.321. The molecule has 2 nitrogen and oxygen atoms in total. The van der Waals surface area contributed by atoms with Crippen molar-refractivity contribution in [3.8, 4) is 0 Å². The van der Waals surface area contributed by atoms with Crippen molar-refractivity contribution in [3.05, 3.63) is 0 Å². The van der Waals surface area contributed by atoms with Crippen molar-refractivity contribution in [2.24, 2.45) is 5.92 Å². The van der Waals surface area contributed by atoms with Gasteiger partial charge in [-0.3, -0.25) is 4.79 Å². The third kappa shape index (κ3) is 0.791. The number of ether oxygens (including phenoxy) is 1. The van der Waals surface area contributed by atoms with E-state index in [1.165, 1.54) is 12.8 Å². The third-order valence-electron chi connectivity index (χ3n) is 3.28. The lowest BCUT2D eigenvalue weighted by atomic mass is 9.61. The molecule has 0 heterocycles. The van der Waals surface area contributed by atoms with Gasteiger partial charge in [0, 0.05) is 19.4 Å². The zero-order chi connectivity index (χ0) is 7.90. The van der Waals surface area contributed by atoms with Gasteiger partial charge in [0.2, 0.25) is 0 Å². The molecule has 0 aliphatic heterocycles. The molecule has 2 aliphatic rings. The lowest BCUT2D eigenvalue weighted by Crippen LogP contribution is -2.59. The summed E-state index contributed by atoms with van der Waals surface area (Å²) in [5.74, 6) is 0.887. The number of fused-ring (bicyclic) bond motifs is 1. The first-order valence-corrected chi connectivity index (χ1v) is 4.38. The quantitative estimate of drug-likeness (QED) is 0.572. The maximum absolute atomic E-state index is 11.3. The molecule has 0 amide bonds. The summed E-state index contributed by atoms with van der Waals surface area (Å²) in [6, 6.07) is 0. The Bertz CT molecular complexity index is 188. The Morgan fingerprint density at radius 2 is 2.36 bits per heavy atom. The van der Waals surface area contributed by atoms with E-state index in [-0.39, 0.29) is 5.60 Å². The highest BCUT2D eigenvalue weighted by molar-refractivity contribution is 5.94. The van der Waals surface area contributed by atoms with Crippen molar-refractivity contribution < 1.29 is 9.53 Å². The minimum Gasteiger partial charge on any atom is -0.370 e. The Hall–Kier alpha value is -0.370.